The van der Waals surface area contributed by atoms with E-state index in [9.17, 15) is 14.5 Å². The van der Waals surface area contributed by atoms with Gasteiger partial charge in [-0.2, -0.15) is 0 Å². The van der Waals surface area contributed by atoms with E-state index in [0.29, 0.717) is 11.8 Å². The number of rotatable bonds is 6. The molecule has 0 aliphatic heterocycles. The summed E-state index contributed by atoms with van der Waals surface area (Å²) in [4.78, 5) is 38.0. The fourth-order valence-electron chi connectivity index (χ4n) is 1.31. The van der Waals surface area contributed by atoms with Crippen LogP contribution in [0.1, 0.15) is 20.9 Å². The van der Waals surface area contributed by atoms with Gasteiger partial charge >= 0.3 is 11.6 Å². The molecular weight excluding hydrogens is 266 g/mol. The number of furan rings is 1. The van der Waals surface area contributed by atoms with E-state index < -0.39 is 5.91 Å². The normalized spacial score (nSPS) is 9.80. The molecule has 102 valence electrons. The lowest BCUT2D eigenvalue weighted by atomic mass is 10.2. The van der Waals surface area contributed by atoms with Gasteiger partial charge in [-0.05, 0) is 24.3 Å². The maximum absolute atomic E-state index is 11.5. The highest BCUT2D eigenvalue weighted by Gasteiger charge is 2.17. The molecule has 1 aromatic carbocycles. The minimum absolute atomic E-state index is 0.0638. The largest absolute Gasteiger partial charge is 0.459 e. The molecule has 0 spiro atoms. The average Bonchev–Trinajstić information content (AvgIpc) is 3.01. The zero-order valence-corrected chi connectivity index (χ0v) is 10.1. The summed E-state index contributed by atoms with van der Waals surface area (Å²) in [5.74, 6) is -0.534. The summed E-state index contributed by atoms with van der Waals surface area (Å²) in [6.07, 6.45) is 1.99. The molecule has 0 aliphatic rings. The molecule has 20 heavy (non-hydrogen) atoms. The third-order valence-corrected chi connectivity index (χ3v) is 2.28. The van der Waals surface area contributed by atoms with Gasteiger partial charge in [0.1, 0.15) is 6.29 Å². The van der Waals surface area contributed by atoms with Crippen LogP contribution in [0.5, 0.6) is 0 Å². The van der Waals surface area contributed by atoms with Crippen molar-refractivity contribution in [1.82, 2.24) is 11.0 Å². The van der Waals surface area contributed by atoms with Crippen LogP contribution in [0, 0.1) is 4.91 Å². The van der Waals surface area contributed by atoms with Gasteiger partial charge in [-0.1, -0.05) is 4.94 Å². The van der Waals surface area contributed by atoms with Gasteiger partial charge in [0.25, 0.3) is 4.92 Å². The molecular formula is C12H10N3O5+. The SMILES string of the molecule is O=Cc1ccc([N+](=O)ONNC(=O)c2ccco2)cc1. The Morgan fingerprint density at radius 3 is 2.60 bits per heavy atom. The van der Waals surface area contributed by atoms with Gasteiger partial charge in [0, 0.05) is 23.3 Å². The first-order valence-electron chi connectivity index (χ1n) is 5.49. The van der Waals surface area contributed by atoms with Gasteiger partial charge in [-0.25, -0.2) is 5.43 Å². The fourth-order valence-corrected chi connectivity index (χ4v) is 1.31. The summed E-state index contributed by atoms with van der Waals surface area (Å²) in [6, 6.07) is 8.70. The highest BCUT2D eigenvalue weighted by Crippen LogP contribution is 2.11. The van der Waals surface area contributed by atoms with Crippen LogP contribution < -0.4 is 11.0 Å². The van der Waals surface area contributed by atoms with E-state index in [-0.39, 0.29) is 16.4 Å². The van der Waals surface area contributed by atoms with Crippen LogP contribution in [0.2, 0.25) is 0 Å². The smallest absolute Gasteiger partial charge is 0.319 e. The summed E-state index contributed by atoms with van der Waals surface area (Å²) in [5, 5.41) is 0. The molecule has 2 rings (SSSR count). The van der Waals surface area contributed by atoms with Crippen molar-refractivity contribution in [2.75, 3.05) is 0 Å². The Hall–Kier alpha value is -3.00. The van der Waals surface area contributed by atoms with Crippen molar-refractivity contribution < 1.29 is 23.9 Å². The molecule has 0 radical (unpaired) electrons. The molecule has 1 aromatic heterocycles. The molecule has 2 N–H and O–H groups in total. The maximum atomic E-state index is 11.5. The standard InChI is InChI=1S/C12H9N3O5/c16-8-9-3-5-10(6-4-9)15(18)20-14-13-12(17)11-2-1-7-19-11/h1-8H,(H-,13,14,16,17,18)/p+1. The Morgan fingerprint density at radius 2 is 2.00 bits per heavy atom. The second-order valence-electron chi connectivity index (χ2n) is 3.59. The predicted molar refractivity (Wildman–Crippen MR) is 65.5 cm³/mol. The molecule has 8 nitrogen and oxygen atoms in total. The fraction of sp³-hybridized carbons (Fsp3) is 0. The molecule has 0 atom stereocenters. The number of nitrogens with one attached hydrogen (secondary N) is 2. The summed E-state index contributed by atoms with van der Waals surface area (Å²) >= 11 is 0. The highest BCUT2D eigenvalue weighted by atomic mass is 16.9. The van der Waals surface area contributed by atoms with Gasteiger partial charge < -0.3 is 4.42 Å². The number of hydrazine groups is 1. The van der Waals surface area contributed by atoms with Crippen LogP contribution in [0.3, 0.4) is 0 Å². The van der Waals surface area contributed by atoms with Crippen molar-refractivity contribution in [1.29, 1.82) is 0 Å². The Labute approximate surface area is 112 Å². The Balaban J connectivity index is 1.82. The molecule has 1 heterocycles. The number of carbonyl (C=O) groups is 2. The van der Waals surface area contributed by atoms with Crippen LogP contribution in [-0.4, -0.2) is 17.1 Å². The Morgan fingerprint density at radius 1 is 1.25 bits per heavy atom. The lowest BCUT2D eigenvalue weighted by Gasteiger charge is -1.99. The van der Waals surface area contributed by atoms with Crippen LogP contribution in [0.25, 0.3) is 0 Å². The van der Waals surface area contributed by atoms with Crippen LogP contribution in [-0.2, 0) is 4.94 Å². The van der Waals surface area contributed by atoms with E-state index in [1.165, 1.54) is 36.6 Å². The first kappa shape index (κ1) is 13.4. The number of aldehydes is 1. The molecule has 0 saturated carbocycles. The van der Waals surface area contributed by atoms with Crippen molar-refractivity contribution >= 4 is 17.9 Å². The van der Waals surface area contributed by atoms with Crippen LogP contribution in [0.4, 0.5) is 5.69 Å². The molecule has 0 bridgehead atoms. The van der Waals surface area contributed by atoms with Crippen molar-refractivity contribution in [2.45, 2.75) is 0 Å². The number of carbonyl (C=O) groups excluding carboxylic acids is 2. The number of nitrogens with zero attached hydrogens (tertiary/aromatic N) is 1. The number of hydrogen-bond acceptors (Lipinski definition) is 6. The van der Waals surface area contributed by atoms with Gasteiger partial charge in [0.2, 0.25) is 0 Å². The van der Waals surface area contributed by atoms with Crippen molar-refractivity contribution in [3.05, 3.63) is 58.9 Å². The monoisotopic (exact) mass is 276 g/mol. The van der Waals surface area contributed by atoms with Gasteiger partial charge in [0.05, 0.1) is 11.2 Å². The molecule has 0 fully saturated rings. The van der Waals surface area contributed by atoms with Crippen molar-refractivity contribution in [2.24, 2.45) is 0 Å². The zero-order valence-electron chi connectivity index (χ0n) is 10.1. The number of hydrogen-bond donors (Lipinski definition) is 2. The van der Waals surface area contributed by atoms with Crippen molar-refractivity contribution in [3.8, 4) is 0 Å². The van der Waals surface area contributed by atoms with E-state index in [1.54, 1.807) is 6.07 Å². The quantitative estimate of drug-likeness (QED) is 0.609. The summed E-state index contributed by atoms with van der Waals surface area (Å²) in [7, 11) is 0. The number of amides is 1. The van der Waals surface area contributed by atoms with E-state index in [4.69, 9.17) is 4.42 Å². The van der Waals surface area contributed by atoms with Crippen LogP contribution >= 0.6 is 0 Å². The molecule has 1 amide bonds. The molecule has 8 heteroatoms. The lowest BCUT2D eigenvalue weighted by molar-refractivity contribution is -0.766. The number of benzene rings is 1. The Bertz CT molecular complexity index is 607. The molecule has 0 aliphatic carbocycles. The summed E-state index contributed by atoms with van der Waals surface area (Å²) in [6.45, 7) is 0. The topological polar surface area (TPSA) is 101 Å². The predicted octanol–water partition coefficient (Wildman–Crippen LogP) is 1.28. The average molecular weight is 276 g/mol. The van der Waals surface area contributed by atoms with Crippen molar-refractivity contribution in [3.63, 3.8) is 0 Å². The lowest BCUT2D eigenvalue weighted by Crippen LogP contribution is -2.38. The van der Waals surface area contributed by atoms with E-state index >= 15 is 0 Å². The van der Waals surface area contributed by atoms with Gasteiger partial charge in [-0.3, -0.25) is 9.59 Å². The highest BCUT2D eigenvalue weighted by molar-refractivity contribution is 5.90. The van der Waals surface area contributed by atoms with Crippen LogP contribution in [0.15, 0.2) is 47.1 Å². The first-order chi connectivity index (χ1) is 9.70. The van der Waals surface area contributed by atoms with E-state index in [0.717, 1.165) is 0 Å². The van der Waals surface area contributed by atoms with E-state index in [2.05, 4.69) is 10.4 Å². The first-order valence-corrected chi connectivity index (χ1v) is 5.49. The maximum Gasteiger partial charge on any atom is 0.319 e. The minimum Gasteiger partial charge on any atom is -0.459 e. The molecule has 0 saturated heterocycles. The second-order valence-corrected chi connectivity index (χ2v) is 3.59. The second kappa shape index (κ2) is 6.25. The Kier molecular flexibility index (Phi) is 4.20. The molecule has 2 aromatic rings. The van der Waals surface area contributed by atoms with E-state index in [1.807, 2.05) is 5.59 Å². The van der Waals surface area contributed by atoms with Gasteiger partial charge in [0.15, 0.2) is 5.76 Å². The summed E-state index contributed by atoms with van der Waals surface area (Å²) in [5.41, 5.74) is 4.67. The summed E-state index contributed by atoms with van der Waals surface area (Å²) < 4.78 is 4.83. The third-order valence-electron chi connectivity index (χ3n) is 2.28. The molecule has 0 unspecified atom stereocenters. The zero-order chi connectivity index (χ0) is 14.4. The third kappa shape index (κ3) is 3.27. The minimum atomic E-state index is -0.597. The van der Waals surface area contributed by atoms with Gasteiger partial charge in [-0.15, -0.1) is 0 Å².